The first-order valence-electron chi connectivity index (χ1n) is 6.84. The van der Waals surface area contributed by atoms with Crippen LogP contribution in [0, 0.1) is 0 Å². The normalized spacial score (nSPS) is 14.8. The third kappa shape index (κ3) is 2.77. The topological polar surface area (TPSA) is 42.1 Å². The monoisotopic (exact) mass is 257 g/mol. The van der Waals surface area contributed by atoms with Crippen molar-refractivity contribution in [3.8, 4) is 0 Å². The lowest BCUT2D eigenvalue weighted by Gasteiger charge is -2.37. The van der Waals surface area contributed by atoms with Gasteiger partial charge in [-0.05, 0) is 32.0 Å². The first kappa shape index (κ1) is 14.0. The molecular weight excluding hydrogens is 234 g/mol. The van der Waals surface area contributed by atoms with Gasteiger partial charge in [-0.15, -0.1) is 0 Å². The number of rotatable bonds is 5. The second kappa shape index (κ2) is 5.68. The summed E-state index contributed by atoms with van der Waals surface area (Å²) >= 11 is 0. The van der Waals surface area contributed by atoms with E-state index in [0.29, 0.717) is 6.54 Å². The second-order valence-corrected chi connectivity index (χ2v) is 5.40. The third-order valence-corrected chi connectivity index (χ3v) is 4.25. The Morgan fingerprint density at radius 3 is 2.68 bits per heavy atom. The van der Waals surface area contributed by atoms with Crippen LogP contribution < -0.4 is 5.73 Å². The molecule has 0 bridgehead atoms. The van der Waals surface area contributed by atoms with E-state index in [1.807, 2.05) is 12.3 Å². The zero-order chi connectivity index (χ0) is 13.9. The van der Waals surface area contributed by atoms with Gasteiger partial charge >= 0.3 is 0 Å². The minimum Gasteiger partial charge on any atom is -0.329 e. The second-order valence-electron chi connectivity index (χ2n) is 5.40. The fourth-order valence-corrected chi connectivity index (χ4v) is 2.31. The summed E-state index contributed by atoms with van der Waals surface area (Å²) in [5, 5.41) is 1.19. The quantitative estimate of drug-likeness (QED) is 0.895. The minimum atomic E-state index is 0.0386. The molecule has 3 heteroatoms. The highest BCUT2D eigenvalue weighted by atomic mass is 15.2. The molecular formula is C16H23N3. The molecule has 2 aromatic rings. The average Bonchev–Trinajstić information content (AvgIpc) is 2.46. The van der Waals surface area contributed by atoms with Crippen molar-refractivity contribution in [2.75, 3.05) is 13.6 Å². The largest absolute Gasteiger partial charge is 0.329 e. The number of nitrogens with two attached hydrogens (primary N) is 1. The molecule has 102 valence electrons. The number of pyridine rings is 1. The number of hydrogen-bond donors (Lipinski definition) is 1. The highest BCUT2D eigenvalue weighted by molar-refractivity contribution is 5.81. The van der Waals surface area contributed by atoms with E-state index in [0.717, 1.165) is 18.5 Å². The van der Waals surface area contributed by atoms with E-state index in [4.69, 9.17) is 5.73 Å². The van der Waals surface area contributed by atoms with Gasteiger partial charge < -0.3 is 5.73 Å². The lowest BCUT2D eigenvalue weighted by atomic mass is 9.96. The van der Waals surface area contributed by atoms with Gasteiger partial charge in [0, 0.05) is 30.2 Å². The van der Waals surface area contributed by atoms with Crippen LogP contribution >= 0.6 is 0 Å². The SMILES string of the molecule is CCC(C)(CN)N(C)Cc1cccc2cccnc12. The summed E-state index contributed by atoms with van der Waals surface area (Å²) in [7, 11) is 2.14. The highest BCUT2D eigenvalue weighted by Gasteiger charge is 2.25. The van der Waals surface area contributed by atoms with Crippen molar-refractivity contribution >= 4 is 10.9 Å². The first-order chi connectivity index (χ1) is 9.10. The van der Waals surface area contributed by atoms with Crippen LogP contribution in [0.15, 0.2) is 36.5 Å². The van der Waals surface area contributed by atoms with Crippen LogP contribution in [0.1, 0.15) is 25.8 Å². The van der Waals surface area contributed by atoms with Crippen LogP contribution in [-0.2, 0) is 6.54 Å². The van der Waals surface area contributed by atoms with E-state index >= 15 is 0 Å². The highest BCUT2D eigenvalue weighted by Crippen LogP contribution is 2.22. The predicted molar refractivity (Wildman–Crippen MR) is 81.0 cm³/mol. The van der Waals surface area contributed by atoms with Crippen molar-refractivity contribution < 1.29 is 0 Å². The Morgan fingerprint density at radius 1 is 1.26 bits per heavy atom. The van der Waals surface area contributed by atoms with Crippen molar-refractivity contribution in [3.05, 3.63) is 42.1 Å². The summed E-state index contributed by atoms with van der Waals surface area (Å²) in [5.41, 5.74) is 8.31. The van der Waals surface area contributed by atoms with E-state index in [-0.39, 0.29) is 5.54 Å². The van der Waals surface area contributed by atoms with Crippen molar-refractivity contribution in [1.29, 1.82) is 0 Å². The maximum Gasteiger partial charge on any atom is 0.0746 e. The molecule has 1 unspecified atom stereocenters. The molecule has 0 spiro atoms. The molecule has 0 aliphatic heterocycles. The number of hydrogen-bond acceptors (Lipinski definition) is 3. The van der Waals surface area contributed by atoms with Gasteiger partial charge in [0.25, 0.3) is 0 Å². The van der Waals surface area contributed by atoms with Gasteiger partial charge in [0.1, 0.15) is 0 Å². The van der Waals surface area contributed by atoms with Gasteiger partial charge in [-0.3, -0.25) is 9.88 Å². The zero-order valence-corrected chi connectivity index (χ0v) is 12.1. The molecule has 3 nitrogen and oxygen atoms in total. The Kier molecular flexibility index (Phi) is 4.17. The summed E-state index contributed by atoms with van der Waals surface area (Å²) < 4.78 is 0. The van der Waals surface area contributed by atoms with E-state index in [2.05, 4.69) is 55.0 Å². The molecule has 0 saturated carbocycles. The molecule has 0 aliphatic carbocycles. The molecule has 19 heavy (non-hydrogen) atoms. The number of nitrogens with zero attached hydrogens (tertiary/aromatic N) is 2. The summed E-state index contributed by atoms with van der Waals surface area (Å²) in [6, 6.07) is 10.4. The summed E-state index contributed by atoms with van der Waals surface area (Å²) in [5.74, 6) is 0. The van der Waals surface area contributed by atoms with Gasteiger partial charge in [0.05, 0.1) is 5.52 Å². The van der Waals surface area contributed by atoms with Gasteiger partial charge in [-0.2, -0.15) is 0 Å². The van der Waals surface area contributed by atoms with Gasteiger partial charge in [0.2, 0.25) is 0 Å². The number of para-hydroxylation sites is 1. The van der Waals surface area contributed by atoms with Crippen LogP contribution in [0.5, 0.6) is 0 Å². The standard InChI is InChI=1S/C16H23N3/c1-4-16(2,12-17)19(3)11-14-8-5-7-13-9-6-10-18-15(13)14/h5-10H,4,11-12,17H2,1-3H3. The van der Waals surface area contributed by atoms with Crippen molar-refractivity contribution in [3.63, 3.8) is 0 Å². The minimum absolute atomic E-state index is 0.0386. The molecule has 0 amide bonds. The van der Waals surface area contributed by atoms with Crippen LogP contribution in [0.4, 0.5) is 0 Å². The van der Waals surface area contributed by atoms with Gasteiger partial charge in [-0.25, -0.2) is 0 Å². The number of aromatic nitrogens is 1. The van der Waals surface area contributed by atoms with Crippen molar-refractivity contribution in [2.45, 2.75) is 32.4 Å². The summed E-state index contributed by atoms with van der Waals surface area (Å²) in [4.78, 5) is 6.84. The van der Waals surface area contributed by atoms with Gasteiger partial charge in [-0.1, -0.05) is 31.2 Å². The Morgan fingerprint density at radius 2 is 2.00 bits per heavy atom. The molecule has 0 aliphatic rings. The van der Waals surface area contributed by atoms with E-state index in [1.54, 1.807) is 0 Å². The third-order valence-electron chi connectivity index (χ3n) is 4.25. The number of likely N-dealkylation sites (N-methyl/N-ethyl adjacent to an activating group) is 1. The van der Waals surface area contributed by atoms with Crippen molar-refractivity contribution in [1.82, 2.24) is 9.88 Å². The molecule has 1 atom stereocenters. The lowest BCUT2D eigenvalue weighted by Crippen LogP contribution is -2.48. The van der Waals surface area contributed by atoms with Gasteiger partial charge in [0.15, 0.2) is 0 Å². The summed E-state index contributed by atoms with van der Waals surface area (Å²) in [6.07, 6.45) is 2.89. The average molecular weight is 257 g/mol. The Bertz CT molecular complexity index is 541. The molecule has 1 aromatic carbocycles. The molecule has 2 N–H and O–H groups in total. The van der Waals surface area contributed by atoms with E-state index in [9.17, 15) is 0 Å². The Hall–Kier alpha value is -1.45. The maximum atomic E-state index is 5.93. The summed E-state index contributed by atoms with van der Waals surface area (Å²) in [6.45, 7) is 5.93. The van der Waals surface area contributed by atoms with Crippen LogP contribution in [0.2, 0.25) is 0 Å². The smallest absolute Gasteiger partial charge is 0.0746 e. The molecule has 2 rings (SSSR count). The van der Waals surface area contributed by atoms with E-state index < -0.39 is 0 Å². The van der Waals surface area contributed by atoms with E-state index in [1.165, 1.54) is 10.9 Å². The maximum absolute atomic E-state index is 5.93. The predicted octanol–water partition coefficient (Wildman–Crippen LogP) is 2.79. The van der Waals surface area contributed by atoms with Crippen LogP contribution in [-0.4, -0.2) is 29.0 Å². The van der Waals surface area contributed by atoms with Crippen LogP contribution in [0.3, 0.4) is 0 Å². The fourth-order valence-electron chi connectivity index (χ4n) is 2.31. The lowest BCUT2D eigenvalue weighted by molar-refractivity contribution is 0.132. The molecule has 0 saturated heterocycles. The zero-order valence-electron chi connectivity index (χ0n) is 12.1. The number of benzene rings is 1. The Labute approximate surface area is 115 Å². The molecule has 1 aromatic heterocycles. The molecule has 0 fully saturated rings. The van der Waals surface area contributed by atoms with Crippen molar-refractivity contribution in [2.24, 2.45) is 5.73 Å². The first-order valence-corrected chi connectivity index (χ1v) is 6.84. The van der Waals surface area contributed by atoms with Crippen LogP contribution in [0.25, 0.3) is 10.9 Å². The molecule has 1 heterocycles. The molecule has 0 radical (unpaired) electrons. The Balaban J connectivity index is 2.31. The fraction of sp³-hybridized carbons (Fsp3) is 0.438. The number of fused-ring (bicyclic) bond motifs is 1.